The van der Waals surface area contributed by atoms with Gasteiger partial charge in [-0.25, -0.2) is 4.98 Å². The van der Waals surface area contributed by atoms with E-state index in [-0.39, 0.29) is 24.6 Å². The van der Waals surface area contributed by atoms with Crippen molar-refractivity contribution in [1.29, 1.82) is 0 Å². The molecule has 0 spiro atoms. The highest BCUT2D eigenvalue weighted by Gasteiger charge is 2.39. The first-order chi connectivity index (χ1) is 17.3. The van der Waals surface area contributed by atoms with Gasteiger partial charge in [-0.1, -0.05) is 47.3 Å². The number of anilines is 1. The minimum absolute atomic E-state index is 0. The van der Waals surface area contributed by atoms with Crippen LogP contribution >= 0.6 is 0 Å². The Balaban J connectivity index is 0. The molecule has 1 atom stereocenters. The van der Waals surface area contributed by atoms with Crippen LogP contribution in [0.15, 0.2) is 48.8 Å². The van der Waals surface area contributed by atoms with Gasteiger partial charge in [0.15, 0.2) is 0 Å². The van der Waals surface area contributed by atoms with Crippen LogP contribution in [-0.2, 0) is 17.1 Å². The van der Waals surface area contributed by atoms with Crippen molar-refractivity contribution in [3.8, 4) is 0 Å². The molecule has 1 heterocycles. The summed E-state index contributed by atoms with van der Waals surface area (Å²) >= 11 is 0. The maximum atomic E-state index is 12.7. The largest absolute Gasteiger partial charge is 0.497 e. The number of methoxy groups -OCH3 is 1. The fraction of sp³-hybridized carbons (Fsp3) is 0.607. The molecule has 3 N–H and O–H groups in total. The van der Waals surface area contributed by atoms with E-state index in [0.717, 1.165) is 37.9 Å². The molecule has 0 aliphatic heterocycles. The van der Waals surface area contributed by atoms with Gasteiger partial charge in [-0.15, -0.1) is 6.58 Å². The van der Waals surface area contributed by atoms with E-state index < -0.39 is 23.7 Å². The average Bonchev–Trinajstić information content (AvgIpc) is 2.87. The standard InChI is InChI=1S/C14H16F6N2.C10H14O.C2H6.CH5N.CH4/c1-8-2-4-9(5-3-8)21-10-6-11(13(15,16)17)22-12(7-10)14(18,19)20;1-4-10(2)7-5-9(11-3)6-8-10;2*1-2;/h6-9H,2-5H2,1H3,(H,21,22);4-7H,1,8H2,2-3H3;1-2H3;2H2,1H3;1H4. The van der Waals surface area contributed by atoms with Crippen LogP contribution in [0.25, 0.3) is 0 Å². The number of allylic oxidation sites excluding steroid dienone is 4. The molecule has 0 amide bonds. The summed E-state index contributed by atoms with van der Waals surface area (Å²) < 4.78 is 81.3. The van der Waals surface area contributed by atoms with E-state index in [9.17, 15) is 26.3 Å². The number of alkyl halides is 6. The van der Waals surface area contributed by atoms with Crippen molar-refractivity contribution in [2.24, 2.45) is 17.1 Å². The number of rotatable bonds is 4. The lowest BCUT2D eigenvalue weighted by molar-refractivity contribution is -0.150. The molecule has 2 aliphatic rings. The summed E-state index contributed by atoms with van der Waals surface area (Å²) in [4.78, 5) is 2.69. The van der Waals surface area contributed by atoms with Gasteiger partial charge < -0.3 is 15.8 Å². The molecule has 0 bridgehead atoms. The van der Waals surface area contributed by atoms with E-state index in [1.165, 1.54) is 7.05 Å². The van der Waals surface area contributed by atoms with Gasteiger partial charge in [0.1, 0.15) is 17.1 Å². The summed E-state index contributed by atoms with van der Waals surface area (Å²) in [5.41, 5.74) is 1.37. The molecule has 3 rings (SSSR count). The Bertz CT molecular complexity index is 840. The third-order valence-electron chi connectivity index (χ3n) is 5.87. The second-order valence-corrected chi connectivity index (χ2v) is 8.78. The van der Waals surface area contributed by atoms with Crippen molar-refractivity contribution in [1.82, 2.24) is 4.98 Å². The number of halogens is 6. The maximum Gasteiger partial charge on any atom is 0.433 e. The van der Waals surface area contributed by atoms with Gasteiger partial charge in [-0.05, 0) is 69.4 Å². The normalized spacial score (nSPS) is 22.4. The molecular weight excluding hydrogens is 508 g/mol. The first-order valence-electron chi connectivity index (χ1n) is 12.3. The second-order valence-electron chi connectivity index (χ2n) is 8.78. The highest BCUT2D eigenvalue weighted by molar-refractivity contribution is 5.47. The van der Waals surface area contributed by atoms with Gasteiger partial charge in [-0.3, -0.25) is 0 Å². The smallest absolute Gasteiger partial charge is 0.433 e. The van der Waals surface area contributed by atoms with Crippen LogP contribution in [0.4, 0.5) is 32.0 Å². The molecule has 1 aromatic heterocycles. The fourth-order valence-corrected chi connectivity index (χ4v) is 3.58. The lowest BCUT2D eigenvalue weighted by Gasteiger charge is -2.28. The maximum absolute atomic E-state index is 12.7. The summed E-state index contributed by atoms with van der Waals surface area (Å²) in [5.74, 6) is 1.48. The topological polar surface area (TPSA) is 60.2 Å². The first-order valence-corrected chi connectivity index (χ1v) is 12.3. The van der Waals surface area contributed by atoms with Crippen LogP contribution in [0, 0.1) is 11.3 Å². The molecule has 1 unspecified atom stereocenters. The Kier molecular flexibility index (Phi) is 17.0. The third-order valence-corrected chi connectivity index (χ3v) is 5.87. The van der Waals surface area contributed by atoms with Crippen molar-refractivity contribution in [3.63, 3.8) is 0 Å². The third kappa shape index (κ3) is 12.8. The number of nitrogens with one attached hydrogen (secondary N) is 1. The minimum Gasteiger partial charge on any atom is -0.497 e. The summed E-state index contributed by atoms with van der Waals surface area (Å²) in [6.07, 6.45) is 2.58. The summed E-state index contributed by atoms with van der Waals surface area (Å²) in [6.45, 7) is 12.0. The van der Waals surface area contributed by atoms with Crippen LogP contribution in [-0.4, -0.2) is 25.2 Å². The number of aromatic nitrogens is 1. The molecular formula is C28H45F6N3O. The van der Waals surface area contributed by atoms with E-state index in [2.05, 4.69) is 48.6 Å². The Hall–Kier alpha value is -2.49. The van der Waals surface area contributed by atoms with Crippen molar-refractivity contribution in [2.75, 3.05) is 19.5 Å². The molecule has 4 nitrogen and oxygen atoms in total. The van der Waals surface area contributed by atoms with Crippen LogP contribution in [0.5, 0.6) is 0 Å². The van der Waals surface area contributed by atoms with E-state index in [1.54, 1.807) is 7.11 Å². The predicted octanol–water partition coefficient (Wildman–Crippen LogP) is 9.02. The molecule has 1 fully saturated rings. The van der Waals surface area contributed by atoms with Gasteiger partial charge in [0.25, 0.3) is 0 Å². The SMILES string of the molecule is C.C=CC1(C)C=CC(OC)=CC1.CC.CC1CCC(Nc2cc(C(F)(F)F)nc(C(F)(F)F)c2)CC1.CN. The molecule has 10 heteroatoms. The molecule has 2 aliphatic carbocycles. The van der Waals surface area contributed by atoms with Crippen molar-refractivity contribution < 1.29 is 31.1 Å². The molecule has 1 saturated carbocycles. The van der Waals surface area contributed by atoms with Gasteiger partial charge in [0.05, 0.1) is 7.11 Å². The Morgan fingerprint density at radius 1 is 1.03 bits per heavy atom. The molecule has 220 valence electrons. The summed E-state index contributed by atoms with van der Waals surface area (Å²) in [7, 11) is 3.19. The number of ether oxygens (including phenoxy) is 1. The minimum atomic E-state index is -4.92. The van der Waals surface area contributed by atoms with E-state index >= 15 is 0 Å². The molecule has 1 aromatic rings. The number of hydrogen-bond acceptors (Lipinski definition) is 4. The molecule has 0 saturated heterocycles. The molecule has 0 radical (unpaired) electrons. The van der Waals surface area contributed by atoms with E-state index in [0.29, 0.717) is 18.1 Å². The van der Waals surface area contributed by atoms with E-state index in [4.69, 9.17) is 4.74 Å². The predicted molar refractivity (Wildman–Crippen MR) is 145 cm³/mol. The van der Waals surface area contributed by atoms with Gasteiger partial charge >= 0.3 is 12.4 Å². The van der Waals surface area contributed by atoms with Gasteiger partial charge in [0.2, 0.25) is 0 Å². The van der Waals surface area contributed by atoms with Crippen molar-refractivity contribution in [3.05, 3.63) is 60.2 Å². The van der Waals surface area contributed by atoms with Crippen molar-refractivity contribution in [2.45, 2.75) is 85.6 Å². The van der Waals surface area contributed by atoms with Crippen LogP contribution in [0.1, 0.15) is 78.6 Å². The van der Waals surface area contributed by atoms with Gasteiger partial charge in [-0.2, -0.15) is 26.3 Å². The molecule has 38 heavy (non-hydrogen) atoms. The highest BCUT2D eigenvalue weighted by Crippen LogP contribution is 2.36. The monoisotopic (exact) mass is 553 g/mol. The number of hydrogen-bond donors (Lipinski definition) is 2. The van der Waals surface area contributed by atoms with Crippen LogP contribution < -0.4 is 11.1 Å². The van der Waals surface area contributed by atoms with Crippen molar-refractivity contribution >= 4 is 5.69 Å². The summed E-state index contributed by atoms with van der Waals surface area (Å²) in [6, 6.07) is 1.15. The van der Waals surface area contributed by atoms with Crippen LogP contribution in [0.2, 0.25) is 0 Å². The van der Waals surface area contributed by atoms with E-state index in [1.807, 2.05) is 26.0 Å². The van der Waals surface area contributed by atoms with Gasteiger partial charge in [0, 0.05) is 17.1 Å². The Labute approximate surface area is 224 Å². The zero-order valence-corrected chi connectivity index (χ0v) is 22.6. The number of nitrogens with two attached hydrogens (primary N) is 1. The zero-order chi connectivity index (χ0) is 28.9. The van der Waals surface area contributed by atoms with Crippen LogP contribution in [0.3, 0.4) is 0 Å². The highest BCUT2D eigenvalue weighted by atomic mass is 19.4. The number of pyridine rings is 1. The lowest BCUT2D eigenvalue weighted by atomic mass is 9.84. The fourth-order valence-electron chi connectivity index (χ4n) is 3.58. The zero-order valence-electron chi connectivity index (χ0n) is 22.6. The Morgan fingerprint density at radius 3 is 1.84 bits per heavy atom. The summed E-state index contributed by atoms with van der Waals surface area (Å²) in [5, 5.41) is 2.79. The quantitative estimate of drug-likeness (QED) is 0.289. The second kappa shape index (κ2) is 17.2. The number of nitrogens with zero attached hydrogens (tertiary/aromatic N) is 1. The Morgan fingerprint density at radius 2 is 1.50 bits per heavy atom. The average molecular weight is 554 g/mol. The lowest BCUT2D eigenvalue weighted by Crippen LogP contribution is -2.26. The first kappa shape index (κ1) is 37.7. The molecule has 0 aromatic carbocycles.